The molecule has 1 aliphatic heterocycles. The van der Waals surface area contributed by atoms with Gasteiger partial charge in [-0.2, -0.15) is 5.10 Å². The molecule has 23 heavy (non-hydrogen) atoms. The first-order valence-electron chi connectivity index (χ1n) is 8.39. The van der Waals surface area contributed by atoms with Crippen LogP contribution in [0.5, 0.6) is 0 Å². The zero-order valence-corrected chi connectivity index (χ0v) is 13.3. The fourth-order valence-electron chi connectivity index (χ4n) is 3.50. The maximum Gasteiger partial charge on any atom is 0.160 e. The van der Waals surface area contributed by atoms with Crippen molar-refractivity contribution < 1.29 is 0 Å². The molecule has 0 spiro atoms. The van der Waals surface area contributed by atoms with E-state index in [0.29, 0.717) is 5.92 Å². The van der Waals surface area contributed by atoms with Crippen LogP contribution in [0.4, 0.5) is 0 Å². The third-order valence-electron chi connectivity index (χ3n) is 4.63. The Morgan fingerprint density at radius 3 is 3.00 bits per heavy atom. The summed E-state index contributed by atoms with van der Waals surface area (Å²) in [6.45, 7) is 4.37. The van der Waals surface area contributed by atoms with Crippen molar-refractivity contribution in [3.8, 4) is 0 Å². The summed E-state index contributed by atoms with van der Waals surface area (Å²) in [5.41, 5.74) is 0.943. The summed E-state index contributed by atoms with van der Waals surface area (Å²) in [5, 5.41) is 13.0. The van der Waals surface area contributed by atoms with Gasteiger partial charge in [0, 0.05) is 37.6 Å². The van der Waals surface area contributed by atoms with E-state index in [4.69, 9.17) is 0 Å². The Bertz CT molecular complexity index is 747. The van der Waals surface area contributed by atoms with Crippen LogP contribution in [0.25, 0.3) is 5.65 Å². The van der Waals surface area contributed by atoms with Crippen LogP contribution in [0, 0.1) is 0 Å². The zero-order valence-electron chi connectivity index (χ0n) is 13.3. The standard InChI is InChI=1S/C17H22N6/c1-2-13-23-16(7-1)19-20-17(23)15-6-3-9-21(14-15)10-5-12-22-11-4-8-18-22/h1-2,4,7-8,11,13,15H,3,5-6,9-10,12,14H2/t15-/m0/s1. The molecule has 3 aromatic rings. The van der Waals surface area contributed by atoms with E-state index in [1.165, 1.54) is 19.4 Å². The van der Waals surface area contributed by atoms with Crippen LogP contribution >= 0.6 is 0 Å². The molecule has 0 amide bonds. The molecule has 1 saturated heterocycles. The molecular weight excluding hydrogens is 288 g/mol. The van der Waals surface area contributed by atoms with Gasteiger partial charge < -0.3 is 4.90 Å². The van der Waals surface area contributed by atoms with Gasteiger partial charge in [0.2, 0.25) is 0 Å². The third-order valence-corrected chi connectivity index (χ3v) is 4.63. The first-order valence-corrected chi connectivity index (χ1v) is 8.39. The lowest BCUT2D eigenvalue weighted by Gasteiger charge is -2.31. The van der Waals surface area contributed by atoms with Gasteiger partial charge in [0.1, 0.15) is 5.82 Å². The Hall–Kier alpha value is -2.21. The van der Waals surface area contributed by atoms with E-state index in [0.717, 1.165) is 37.5 Å². The van der Waals surface area contributed by atoms with E-state index in [9.17, 15) is 0 Å². The lowest BCUT2D eigenvalue weighted by molar-refractivity contribution is 0.198. The van der Waals surface area contributed by atoms with Gasteiger partial charge >= 0.3 is 0 Å². The molecule has 1 aliphatic rings. The monoisotopic (exact) mass is 310 g/mol. The third kappa shape index (κ3) is 3.12. The molecule has 0 radical (unpaired) electrons. The van der Waals surface area contributed by atoms with E-state index >= 15 is 0 Å². The van der Waals surface area contributed by atoms with Crippen LogP contribution in [-0.4, -0.2) is 48.9 Å². The average molecular weight is 310 g/mol. The molecule has 0 saturated carbocycles. The van der Waals surface area contributed by atoms with E-state index < -0.39 is 0 Å². The first-order chi connectivity index (χ1) is 11.4. The summed E-state index contributed by atoms with van der Waals surface area (Å²) >= 11 is 0. The number of fused-ring (bicyclic) bond motifs is 1. The van der Waals surface area contributed by atoms with Crippen LogP contribution in [0.2, 0.25) is 0 Å². The SMILES string of the molecule is c1ccn2c([C@H]3CCCN(CCCn4cccn4)C3)nnc2c1. The predicted octanol–water partition coefficient (Wildman–Crippen LogP) is 2.20. The molecule has 6 heteroatoms. The van der Waals surface area contributed by atoms with Gasteiger partial charge in [0.05, 0.1) is 0 Å². The molecule has 3 aromatic heterocycles. The van der Waals surface area contributed by atoms with Gasteiger partial charge in [-0.3, -0.25) is 9.08 Å². The van der Waals surface area contributed by atoms with Crippen molar-refractivity contribution in [3.63, 3.8) is 0 Å². The number of pyridine rings is 1. The number of piperidine rings is 1. The number of likely N-dealkylation sites (tertiary alicyclic amines) is 1. The second-order valence-corrected chi connectivity index (χ2v) is 6.25. The molecule has 120 valence electrons. The highest BCUT2D eigenvalue weighted by Crippen LogP contribution is 2.26. The van der Waals surface area contributed by atoms with Crippen LogP contribution in [0.15, 0.2) is 42.9 Å². The Balaban J connectivity index is 1.39. The van der Waals surface area contributed by atoms with E-state index in [2.05, 4.69) is 30.8 Å². The number of hydrogen-bond acceptors (Lipinski definition) is 4. The molecule has 4 rings (SSSR count). The van der Waals surface area contributed by atoms with E-state index in [-0.39, 0.29) is 0 Å². The van der Waals surface area contributed by atoms with Gasteiger partial charge in [0.25, 0.3) is 0 Å². The minimum absolute atomic E-state index is 0.478. The molecule has 6 nitrogen and oxygen atoms in total. The van der Waals surface area contributed by atoms with Gasteiger partial charge in [-0.15, -0.1) is 10.2 Å². The van der Waals surface area contributed by atoms with Gasteiger partial charge in [-0.05, 0) is 50.6 Å². The van der Waals surface area contributed by atoms with Crippen molar-refractivity contribution in [2.75, 3.05) is 19.6 Å². The van der Waals surface area contributed by atoms with Crippen LogP contribution in [0.3, 0.4) is 0 Å². The molecule has 1 atom stereocenters. The molecule has 0 N–H and O–H groups in total. The summed E-state index contributed by atoms with van der Waals surface area (Å²) in [6, 6.07) is 8.05. The van der Waals surface area contributed by atoms with Crippen molar-refractivity contribution in [1.82, 2.24) is 29.3 Å². The van der Waals surface area contributed by atoms with E-state index in [1.54, 1.807) is 0 Å². The lowest BCUT2D eigenvalue weighted by Crippen LogP contribution is -2.36. The lowest BCUT2D eigenvalue weighted by atomic mass is 9.97. The zero-order chi connectivity index (χ0) is 15.5. The average Bonchev–Trinajstić information content (AvgIpc) is 3.24. The molecule has 4 heterocycles. The highest BCUT2D eigenvalue weighted by Gasteiger charge is 2.24. The highest BCUT2D eigenvalue weighted by atomic mass is 15.3. The number of nitrogens with zero attached hydrogens (tertiary/aromatic N) is 6. The topological polar surface area (TPSA) is 51.2 Å². The van der Waals surface area contributed by atoms with Crippen LogP contribution in [0.1, 0.15) is 31.0 Å². The van der Waals surface area contributed by atoms with Crippen LogP contribution in [-0.2, 0) is 6.54 Å². The summed E-state index contributed by atoms with van der Waals surface area (Å²) in [4.78, 5) is 2.56. The van der Waals surface area contributed by atoms with Crippen molar-refractivity contribution in [2.24, 2.45) is 0 Å². The van der Waals surface area contributed by atoms with Gasteiger partial charge in [-0.25, -0.2) is 0 Å². The largest absolute Gasteiger partial charge is 0.303 e. The Morgan fingerprint density at radius 1 is 1.09 bits per heavy atom. The fraction of sp³-hybridized carbons (Fsp3) is 0.471. The van der Waals surface area contributed by atoms with Gasteiger partial charge in [-0.1, -0.05) is 6.07 Å². The quantitative estimate of drug-likeness (QED) is 0.725. The van der Waals surface area contributed by atoms with Gasteiger partial charge in [0.15, 0.2) is 5.65 Å². The minimum Gasteiger partial charge on any atom is -0.303 e. The molecular formula is C17H22N6. The molecule has 0 unspecified atom stereocenters. The number of hydrogen-bond donors (Lipinski definition) is 0. The van der Waals surface area contributed by atoms with E-state index in [1.807, 2.05) is 41.3 Å². The molecule has 0 bridgehead atoms. The number of aromatic nitrogens is 5. The number of rotatable bonds is 5. The molecule has 0 aliphatic carbocycles. The van der Waals surface area contributed by atoms with Crippen molar-refractivity contribution in [3.05, 3.63) is 48.7 Å². The predicted molar refractivity (Wildman–Crippen MR) is 88.2 cm³/mol. The fourth-order valence-corrected chi connectivity index (χ4v) is 3.50. The first kappa shape index (κ1) is 14.4. The highest BCUT2D eigenvalue weighted by molar-refractivity contribution is 5.37. The van der Waals surface area contributed by atoms with Crippen LogP contribution < -0.4 is 0 Å². The maximum absolute atomic E-state index is 4.45. The Kier molecular flexibility index (Phi) is 4.06. The summed E-state index contributed by atoms with van der Waals surface area (Å²) in [7, 11) is 0. The normalized spacial score (nSPS) is 19.4. The molecule has 0 aromatic carbocycles. The summed E-state index contributed by atoms with van der Waals surface area (Å²) in [6.07, 6.45) is 9.50. The van der Waals surface area contributed by atoms with Crippen molar-refractivity contribution in [2.45, 2.75) is 31.7 Å². The summed E-state index contributed by atoms with van der Waals surface area (Å²) < 4.78 is 4.14. The maximum atomic E-state index is 4.45. The molecule has 1 fully saturated rings. The Morgan fingerprint density at radius 2 is 2.09 bits per heavy atom. The van der Waals surface area contributed by atoms with Crippen molar-refractivity contribution in [1.29, 1.82) is 0 Å². The smallest absolute Gasteiger partial charge is 0.160 e. The second kappa shape index (κ2) is 6.50. The second-order valence-electron chi connectivity index (χ2n) is 6.25. The van der Waals surface area contributed by atoms with Crippen molar-refractivity contribution >= 4 is 5.65 Å². The Labute approximate surface area is 135 Å². The summed E-state index contributed by atoms with van der Waals surface area (Å²) in [5.74, 6) is 1.59. The number of aryl methyl sites for hydroxylation is 1. The minimum atomic E-state index is 0.478.